The largest absolute Gasteiger partial charge is 0.370 e. The summed E-state index contributed by atoms with van der Waals surface area (Å²) in [6, 6.07) is 0.759. The Morgan fingerprint density at radius 2 is 2.22 bits per heavy atom. The molecule has 1 saturated heterocycles. The van der Waals surface area contributed by atoms with Crippen molar-refractivity contribution >= 4 is 29.9 Å². The van der Waals surface area contributed by atoms with E-state index in [1.54, 1.807) is 0 Å². The van der Waals surface area contributed by atoms with E-state index in [1.165, 1.54) is 32.4 Å². The van der Waals surface area contributed by atoms with Crippen LogP contribution in [0.4, 0.5) is 0 Å². The smallest absolute Gasteiger partial charge is 0.188 e. The normalized spacial score (nSPS) is 21.4. The lowest BCUT2D eigenvalue weighted by Crippen LogP contribution is -2.40. The van der Waals surface area contributed by atoms with E-state index in [0.717, 1.165) is 32.0 Å². The van der Waals surface area contributed by atoms with Crippen LogP contribution in [0, 0.1) is 0 Å². The molecule has 0 aromatic heterocycles. The summed E-state index contributed by atoms with van der Waals surface area (Å²) in [6.07, 6.45) is 6.30. The van der Waals surface area contributed by atoms with Crippen LogP contribution < -0.4 is 11.1 Å². The minimum Gasteiger partial charge on any atom is -0.370 e. The highest BCUT2D eigenvalue weighted by molar-refractivity contribution is 14.0. The zero-order valence-electron chi connectivity index (χ0n) is 11.8. The zero-order chi connectivity index (χ0) is 12.5. The van der Waals surface area contributed by atoms with Crippen molar-refractivity contribution in [1.82, 2.24) is 10.2 Å². The minimum absolute atomic E-state index is 0. The van der Waals surface area contributed by atoms with Gasteiger partial charge in [0.1, 0.15) is 0 Å². The van der Waals surface area contributed by atoms with Gasteiger partial charge in [0.15, 0.2) is 5.96 Å². The van der Waals surface area contributed by atoms with Crippen molar-refractivity contribution in [3.05, 3.63) is 0 Å². The summed E-state index contributed by atoms with van der Waals surface area (Å²) in [4.78, 5) is 6.80. The van der Waals surface area contributed by atoms with Crippen LogP contribution >= 0.6 is 24.0 Å². The highest BCUT2D eigenvalue weighted by Gasteiger charge is 2.16. The maximum Gasteiger partial charge on any atom is 0.188 e. The molecule has 0 aromatic rings. The van der Waals surface area contributed by atoms with Crippen LogP contribution in [0.1, 0.15) is 46.0 Å². The second-order valence-corrected chi connectivity index (χ2v) is 4.93. The molecule has 1 atom stereocenters. The lowest BCUT2D eigenvalue weighted by atomic mass is 10.0. The number of nitrogens with zero attached hydrogens (tertiary/aromatic N) is 2. The van der Waals surface area contributed by atoms with E-state index in [0.29, 0.717) is 5.96 Å². The summed E-state index contributed by atoms with van der Waals surface area (Å²) in [5.74, 6) is 0.596. The van der Waals surface area contributed by atoms with E-state index in [-0.39, 0.29) is 24.0 Å². The van der Waals surface area contributed by atoms with Gasteiger partial charge in [-0.2, -0.15) is 0 Å². The van der Waals surface area contributed by atoms with Crippen LogP contribution in [0.15, 0.2) is 4.99 Å². The first-order valence-electron chi connectivity index (χ1n) is 7.02. The molecule has 18 heavy (non-hydrogen) atoms. The molecule has 0 spiro atoms. The third-order valence-corrected chi connectivity index (χ3v) is 3.37. The number of piperidine rings is 1. The molecule has 0 aromatic carbocycles. The van der Waals surface area contributed by atoms with Crippen LogP contribution in [-0.4, -0.2) is 43.1 Å². The summed E-state index contributed by atoms with van der Waals surface area (Å²) in [6.45, 7) is 8.64. The molecule has 1 fully saturated rings. The Morgan fingerprint density at radius 1 is 1.44 bits per heavy atom. The van der Waals surface area contributed by atoms with E-state index in [1.807, 2.05) is 0 Å². The zero-order valence-corrected chi connectivity index (χ0v) is 14.2. The highest BCUT2D eigenvalue weighted by Crippen LogP contribution is 2.15. The van der Waals surface area contributed by atoms with Gasteiger partial charge in [-0.25, -0.2) is 0 Å². The van der Waals surface area contributed by atoms with Crippen molar-refractivity contribution in [3.63, 3.8) is 0 Å². The molecule has 1 heterocycles. The average Bonchev–Trinajstić information content (AvgIpc) is 2.34. The number of likely N-dealkylation sites (tertiary alicyclic amines) is 1. The maximum atomic E-state index is 5.73. The lowest BCUT2D eigenvalue weighted by Gasteiger charge is -2.33. The molecule has 0 bridgehead atoms. The Hall–Kier alpha value is -0.0400. The van der Waals surface area contributed by atoms with E-state index in [4.69, 9.17) is 5.73 Å². The topological polar surface area (TPSA) is 53.6 Å². The Labute approximate surface area is 129 Å². The van der Waals surface area contributed by atoms with Gasteiger partial charge in [-0.1, -0.05) is 13.3 Å². The van der Waals surface area contributed by atoms with E-state index < -0.39 is 0 Å². The quantitative estimate of drug-likeness (QED) is 0.327. The molecule has 108 valence electrons. The third-order valence-electron chi connectivity index (χ3n) is 3.37. The summed E-state index contributed by atoms with van der Waals surface area (Å²) in [7, 11) is 0. The average molecular weight is 368 g/mol. The number of aliphatic imine (C=N–C) groups is 1. The third kappa shape index (κ3) is 7.41. The van der Waals surface area contributed by atoms with Gasteiger partial charge in [0.2, 0.25) is 0 Å². The Bertz CT molecular complexity index is 233. The molecular formula is C13H29IN4. The number of nitrogens with two attached hydrogens (primary N) is 1. The van der Waals surface area contributed by atoms with E-state index >= 15 is 0 Å². The van der Waals surface area contributed by atoms with Gasteiger partial charge in [0.05, 0.1) is 0 Å². The molecular weight excluding hydrogens is 339 g/mol. The second-order valence-electron chi connectivity index (χ2n) is 4.93. The molecule has 4 nitrogen and oxygen atoms in total. The number of nitrogens with one attached hydrogen (secondary N) is 1. The van der Waals surface area contributed by atoms with Crippen molar-refractivity contribution < 1.29 is 0 Å². The first-order valence-corrected chi connectivity index (χ1v) is 7.02. The highest BCUT2D eigenvalue weighted by atomic mass is 127. The first-order chi connectivity index (χ1) is 8.24. The van der Waals surface area contributed by atoms with Crippen LogP contribution in [0.25, 0.3) is 0 Å². The van der Waals surface area contributed by atoms with Gasteiger partial charge in [-0.15, -0.1) is 24.0 Å². The van der Waals surface area contributed by atoms with Crippen molar-refractivity contribution in [1.29, 1.82) is 0 Å². The molecule has 0 amide bonds. The molecule has 0 radical (unpaired) electrons. The molecule has 1 rings (SSSR count). The van der Waals surface area contributed by atoms with Crippen molar-refractivity contribution in [3.8, 4) is 0 Å². The maximum absolute atomic E-state index is 5.73. The van der Waals surface area contributed by atoms with Crippen LogP contribution in [0.3, 0.4) is 0 Å². The molecule has 1 unspecified atom stereocenters. The standard InChI is InChI=1S/C13H28N4.HI/c1-3-8-15-13(14)16-9-6-11-17-10-5-4-7-12(17)2;/h12H,3-11H2,1-2H3,(H3,14,15,16);1H. The Balaban J connectivity index is 0.00000289. The van der Waals surface area contributed by atoms with Gasteiger partial charge in [0.25, 0.3) is 0 Å². The summed E-state index contributed by atoms with van der Waals surface area (Å²) in [5, 5.41) is 3.17. The van der Waals surface area contributed by atoms with Crippen molar-refractivity contribution in [2.24, 2.45) is 10.7 Å². The number of guanidine groups is 1. The van der Waals surface area contributed by atoms with E-state index in [9.17, 15) is 0 Å². The molecule has 3 N–H and O–H groups in total. The van der Waals surface area contributed by atoms with Gasteiger partial charge < -0.3 is 16.0 Å². The first kappa shape index (κ1) is 18.0. The number of rotatable bonds is 6. The molecule has 0 saturated carbocycles. The molecule has 5 heteroatoms. The Kier molecular flexibility index (Phi) is 10.8. The second kappa shape index (κ2) is 10.8. The lowest BCUT2D eigenvalue weighted by molar-refractivity contribution is 0.159. The number of hydrogen-bond acceptors (Lipinski definition) is 2. The fourth-order valence-corrected chi connectivity index (χ4v) is 2.28. The monoisotopic (exact) mass is 368 g/mol. The van der Waals surface area contributed by atoms with Gasteiger partial charge in [-0.3, -0.25) is 4.99 Å². The Morgan fingerprint density at radius 3 is 2.89 bits per heavy atom. The van der Waals surface area contributed by atoms with Crippen LogP contribution in [0.2, 0.25) is 0 Å². The summed E-state index contributed by atoms with van der Waals surface area (Å²) < 4.78 is 0. The van der Waals surface area contributed by atoms with Crippen LogP contribution in [-0.2, 0) is 0 Å². The molecule has 0 aliphatic carbocycles. The fourth-order valence-electron chi connectivity index (χ4n) is 2.28. The predicted molar refractivity (Wildman–Crippen MR) is 89.7 cm³/mol. The van der Waals surface area contributed by atoms with Gasteiger partial charge in [0, 0.05) is 25.7 Å². The summed E-state index contributed by atoms with van der Waals surface area (Å²) in [5.41, 5.74) is 5.73. The van der Waals surface area contributed by atoms with Gasteiger partial charge in [-0.05, 0) is 39.2 Å². The predicted octanol–water partition coefficient (Wildman–Crippen LogP) is 2.18. The summed E-state index contributed by atoms with van der Waals surface area (Å²) >= 11 is 0. The fraction of sp³-hybridized carbons (Fsp3) is 0.923. The minimum atomic E-state index is 0. The molecule has 1 aliphatic heterocycles. The SMILES string of the molecule is CCCN=C(N)NCCCN1CCCCC1C.I. The van der Waals surface area contributed by atoms with E-state index in [2.05, 4.69) is 29.1 Å². The number of hydrogen-bond donors (Lipinski definition) is 2. The van der Waals surface area contributed by atoms with Crippen molar-refractivity contribution in [2.45, 2.75) is 52.0 Å². The molecule has 1 aliphatic rings. The van der Waals surface area contributed by atoms with Crippen molar-refractivity contribution in [2.75, 3.05) is 26.2 Å². The van der Waals surface area contributed by atoms with Crippen LogP contribution in [0.5, 0.6) is 0 Å². The van der Waals surface area contributed by atoms with Gasteiger partial charge >= 0.3 is 0 Å². The number of halogens is 1.